The Hall–Kier alpha value is -1.33. The quantitative estimate of drug-likeness (QED) is 0.837. The number of thiophene rings is 1. The van der Waals surface area contributed by atoms with Gasteiger partial charge in [-0.3, -0.25) is 4.68 Å². The SMILES string of the molecule is COCCn1ccc(NCc2cccs2)n1. The molecule has 0 fully saturated rings. The lowest BCUT2D eigenvalue weighted by molar-refractivity contribution is 0.183. The normalized spacial score (nSPS) is 10.6. The van der Waals surface area contributed by atoms with E-state index in [4.69, 9.17) is 4.74 Å². The monoisotopic (exact) mass is 237 g/mol. The molecule has 0 bridgehead atoms. The first-order chi connectivity index (χ1) is 7.88. The van der Waals surface area contributed by atoms with Crippen molar-refractivity contribution in [2.24, 2.45) is 0 Å². The van der Waals surface area contributed by atoms with Crippen molar-refractivity contribution in [1.82, 2.24) is 9.78 Å². The van der Waals surface area contributed by atoms with Crippen LogP contribution in [0.2, 0.25) is 0 Å². The van der Waals surface area contributed by atoms with E-state index in [0.29, 0.717) is 6.61 Å². The predicted molar refractivity (Wildman–Crippen MR) is 65.7 cm³/mol. The van der Waals surface area contributed by atoms with E-state index in [1.54, 1.807) is 18.4 Å². The van der Waals surface area contributed by atoms with Crippen LogP contribution in [0.15, 0.2) is 29.8 Å². The molecule has 0 saturated carbocycles. The minimum Gasteiger partial charge on any atom is -0.383 e. The first kappa shape index (κ1) is 11.2. The van der Waals surface area contributed by atoms with Gasteiger partial charge in [-0.15, -0.1) is 11.3 Å². The Kier molecular flexibility index (Phi) is 3.96. The molecule has 2 aromatic heterocycles. The van der Waals surface area contributed by atoms with Crippen molar-refractivity contribution >= 4 is 17.2 Å². The fourth-order valence-corrected chi connectivity index (χ4v) is 2.00. The Bertz CT molecular complexity index is 411. The van der Waals surface area contributed by atoms with Crippen LogP contribution in [0, 0.1) is 0 Å². The molecule has 0 aromatic carbocycles. The van der Waals surface area contributed by atoms with Crippen molar-refractivity contribution in [2.45, 2.75) is 13.1 Å². The number of ether oxygens (including phenoxy) is 1. The van der Waals surface area contributed by atoms with Gasteiger partial charge in [0.25, 0.3) is 0 Å². The van der Waals surface area contributed by atoms with Gasteiger partial charge >= 0.3 is 0 Å². The number of nitrogens with zero attached hydrogens (tertiary/aromatic N) is 2. The highest BCUT2D eigenvalue weighted by Crippen LogP contribution is 2.11. The molecule has 0 aliphatic rings. The molecule has 86 valence electrons. The Morgan fingerprint density at radius 2 is 2.44 bits per heavy atom. The zero-order valence-electron chi connectivity index (χ0n) is 9.22. The number of nitrogens with one attached hydrogen (secondary N) is 1. The molecule has 4 nitrogen and oxygen atoms in total. The van der Waals surface area contributed by atoms with Crippen molar-refractivity contribution in [2.75, 3.05) is 19.0 Å². The summed E-state index contributed by atoms with van der Waals surface area (Å²) < 4.78 is 6.87. The van der Waals surface area contributed by atoms with Crippen molar-refractivity contribution in [3.8, 4) is 0 Å². The van der Waals surface area contributed by atoms with Gasteiger partial charge < -0.3 is 10.1 Å². The first-order valence-corrected chi connectivity index (χ1v) is 6.05. The number of methoxy groups -OCH3 is 1. The van der Waals surface area contributed by atoms with Crippen LogP contribution in [0.4, 0.5) is 5.82 Å². The Labute approximate surface area is 98.9 Å². The number of anilines is 1. The van der Waals surface area contributed by atoms with E-state index in [9.17, 15) is 0 Å². The topological polar surface area (TPSA) is 39.1 Å². The van der Waals surface area contributed by atoms with Crippen LogP contribution in [-0.4, -0.2) is 23.5 Å². The third-order valence-electron chi connectivity index (χ3n) is 2.19. The van der Waals surface area contributed by atoms with Crippen LogP contribution >= 0.6 is 11.3 Å². The summed E-state index contributed by atoms with van der Waals surface area (Å²) >= 11 is 1.75. The summed E-state index contributed by atoms with van der Waals surface area (Å²) in [6.07, 6.45) is 1.95. The third-order valence-corrected chi connectivity index (χ3v) is 3.07. The highest BCUT2D eigenvalue weighted by atomic mass is 32.1. The summed E-state index contributed by atoms with van der Waals surface area (Å²) in [5, 5.41) is 9.74. The molecule has 0 aliphatic carbocycles. The van der Waals surface area contributed by atoms with Gasteiger partial charge in [0.2, 0.25) is 0 Å². The molecule has 0 saturated heterocycles. The molecule has 1 N–H and O–H groups in total. The van der Waals surface area contributed by atoms with Crippen LogP contribution in [0.1, 0.15) is 4.88 Å². The molecule has 2 heterocycles. The van der Waals surface area contributed by atoms with Crippen molar-refractivity contribution < 1.29 is 4.74 Å². The molecule has 0 unspecified atom stereocenters. The second-order valence-corrected chi connectivity index (χ2v) is 4.42. The average Bonchev–Trinajstić information content (AvgIpc) is 2.95. The maximum absolute atomic E-state index is 4.99. The van der Waals surface area contributed by atoms with Gasteiger partial charge in [-0.2, -0.15) is 5.10 Å². The smallest absolute Gasteiger partial charge is 0.148 e. The lowest BCUT2D eigenvalue weighted by Crippen LogP contribution is -2.05. The van der Waals surface area contributed by atoms with Gasteiger partial charge in [0, 0.05) is 24.3 Å². The third kappa shape index (κ3) is 3.08. The largest absolute Gasteiger partial charge is 0.383 e. The molecule has 0 amide bonds. The van der Waals surface area contributed by atoms with Crippen molar-refractivity contribution in [3.05, 3.63) is 34.7 Å². The van der Waals surface area contributed by atoms with Crippen LogP contribution in [0.3, 0.4) is 0 Å². The van der Waals surface area contributed by atoms with Gasteiger partial charge in [0.05, 0.1) is 19.7 Å². The Morgan fingerprint density at radius 3 is 3.19 bits per heavy atom. The molecule has 2 aromatic rings. The molecule has 0 aliphatic heterocycles. The molecule has 0 spiro atoms. The summed E-state index contributed by atoms with van der Waals surface area (Å²) in [7, 11) is 1.69. The van der Waals surface area contributed by atoms with Crippen LogP contribution in [0.25, 0.3) is 0 Å². The molecular weight excluding hydrogens is 222 g/mol. The minimum absolute atomic E-state index is 0.687. The molecule has 2 rings (SSSR count). The Morgan fingerprint density at radius 1 is 1.50 bits per heavy atom. The maximum Gasteiger partial charge on any atom is 0.148 e. The molecule has 5 heteroatoms. The lowest BCUT2D eigenvalue weighted by Gasteiger charge is -2.01. The van der Waals surface area contributed by atoms with Gasteiger partial charge in [0.15, 0.2) is 0 Å². The van der Waals surface area contributed by atoms with Crippen LogP contribution in [-0.2, 0) is 17.8 Å². The molecular formula is C11H15N3OS. The zero-order valence-corrected chi connectivity index (χ0v) is 10.0. The number of hydrogen-bond donors (Lipinski definition) is 1. The Balaban J connectivity index is 1.83. The molecule has 0 atom stereocenters. The summed E-state index contributed by atoms with van der Waals surface area (Å²) in [5.74, 6) is 0.907. The van der Waals surface area contributed by atoms with Gasteiger partial charge in [-0.1, -0.05) is 6.07 Å². The van der Waals surface area contributed by atoms with Crippen LogP contribution < -0.4 is 5.32 Å². The minimum atomic E-state index is 0.687. The predicted octanol–water partition coefficient (Wildman–Crippen LogP) is 2.20. The van der Waals surface area contributed by atoms with E-state index in [-0.39, 0.29) is 0 Å². The fourth-order valence-electron chi connectivity index (χ4n) is 1.36. The lowest BCUT2D eigenvalue weighted by atomic mass is 10.4. The highest BCUT2D eigenvalue weighted by molar-refractivity contribution is 7.09. The first-order valence-electron chi connectivity index (χ1n) is 5.17. The van der Waals surface area contributed by atoms with E-state index in [0.717, 1.165) is 18.9 Å². The van der Waals surface area contributed by atoms with Crippen molar-refractivity contribution in [1.29, 1.82) is 0 Å². The second-order valence-electron chi connectivity index (χ2n) is 3.39. The van der Waals surface area contributed by atoms with E-state index in [1.807, 2.05) is 16.9 Å². The van der Waals surface area contributed by atoms with E-state index < -0.39 is 0 Å². The highest BCUT2D eigenvalue weighted by Gasteiger charge is 1.99. The average molecular weight is 237 g/mol. The van der Waals surface area contributed by atoms with Gasteiger partial charge in [-0.25, -0.2) is 0 Å². The number of rotatable bonds is 6. The molecule has 0 radical (unpaired) electrons. The fraction of sp³-hybridized carbons (Fsp3) is 0.364. The number of hydrogen-bond acceptors (Lipinski definition) is 4. The summed E-state index contributed by atoms with van der Waals surface area (Å²) in [5.41, 5.74) is 0. The van der Waals surface area contributed by atoms with Gasteiger partial charge in [-0.05, 0) is 11.4 Å². The van der Waals surface area contributed by atoms with Gasteiger partial charge in [0.1, 0.15) is 5.82 Å². The van der Waals surface area contributed by atoms with E-state index in [2.05, 4.69) is 27.9 Å². The maximum atomic E-state index is 4.99. The van der Waals surface area contributed by atoms with E-state index in [1.165, 1.54) is 4.88 Å². The standard InChI is InChI=1S/C11H15N3OS/c1-15-7-6-14-5-4-11(13-14)12-9-10-3-2-8-16-10/h2-5,8H,6-7,9H2,1H3,(H,12,13). The zero-order chi connectivity index (χ0) is 11.2. The molecule has 16 heavy (non-hydrogen) atoms. The van der Waals surface area contributed by atoms with Crippen molar-refractivity contribution in [3.63, 3.8) is 0 Å². The second kappa shape index (κ2) is 5.67. The summed E-state index contributed by atoms with van der Waals surface area (Å²) in [6, 6.07) is 6.14. The summed E-state index contributed by atoms with van der Waals surface area (Å²) in [4.78, 5) is 1.31. The number of aromatic nitrogens is 2. The van der Waals surface area contributed by atoms with E-state index >= 15 is 0 Å². The van der Waals surface area contributed by atoms with Crippen LogP contribution in [0.5, 0.6) is 0 Å². The summed E-state index contributed by atoms with van der Waals surface area (Å²) in [6.45, 7) is 2.31.